The van der Waals surface area contributed by atoms with Gasteiger partial charge in [0.1, 0.15) is 35.6 Å². The van der Waals surface area contributed by atoms with Crippen LogP contribution < -0.4 is 0 Å². The van der Waals surface area contributed by atoms with E-state index in [1.165, 1.54) is 20.8 Å². The minimum absolute atomic E-state index is 0.00544. The van der Waals surface area contributed by atoms with E-state index in [1.807, 2.05) is 6.92 Å². The van der Waals surface area contributed by atoms with Crippen molar-refractivity contribution in [1.29, 1.82) is 0 Å². The first-order valence-corrected chi connectivity index (χ1v) is 15.5. The number of hydrogen-bond donors (Lipinski definition) is 1. The molecular formula is C32H40O14. The van der Waals surface area contributed by atoms with Crippen LogP contribution in [0.5, 0.6) is 0 Å². The van der Waals surface area contributed by atoms with Crippen molar-refractivity contribution in [2.45, 2.75) is 123 Å². The Hall–Kier alpha value is -3.52. The Labute approximate surface area is 265 Å². The Balaban J connectivity index is 1.65. The van der Waals surface area contributed by atoms with E-state index in [9.17, 15) is 33.9 Å². The molecule has 6 rings (SSSR count). The molecule has 1 spiro atoms. The van der Waals surface area contributed by atoms with E-state index in [2.05, 4.69) is 0 Å². The highest BCUT2D eigenvalue weighted by Gasteiger charge is 2.91. The highest BCUT2D eigenvalue weighted by molar-refractivity contribution is 5.87. The summed E-state index contributed by atoms with van der Waals surface area (Å²) in [6.07, 6.45) is -6.38. The molecule has 4 heterocycles. The first-order valence-electron chi connectivity index (χ1n) is 15.5. The molecule has 1 N–H and O–H groups in total. The molecule has 0 bridgehead atoms. The minimum atomic E-state index is -1.70. The third kappa shape index (κ3) is 4.14. The molecule has 12 atom stereocenters. The number of esters is 6. The van der Waals surface area contributed by atoms with Gasteiger partial charge in [-0.3, -0.25) is 19.2 Å². The zero-order chi connectivity index (χ0) is 33.9. The first-order chi connectivity index (χ1) is 21.2. The summed E-state index contributed by atoms with van der Waals surface area (Å²) in [7, 11) is 0. The monoisotopic (exact) mass is 648 g/mol. The van der Waals surface area contributed by atoms with Gasteiger partial charge in [0.15, 0.2) is 6.10 Å². The van der Waals surface area contributed by atoms with Gasteiger partial charge in [-0.15, -0.1) is 0 Å². The normalized spacial score (nSPS) is 46.7. The number of ether oxygens (including phenoxy) is 7. The van der Waals surface area contributed by atoms with Crippen molar-refractivity contribution in [1.82, 2.24) is 0 Å². The molecule has 46 heavy (non-hydrogen) atoms. The first kappa shape index (κ1) is 32.4. The number of carbonyl (C=O) groups is 6. The molecule has 3 saturated heterocycles. The van der Waals surface area contributed by atoms with E-state index in [0.29, 0.717) is 0 Å². The Kier molecular flexibility index (Phi) is 7.04. The summed E-state index contributed by atoms with van der Waals surface area (Å²) < 4.78 is 41.4. The lowest BCUT2D eigenvalue weighted by Gasteiger charge is -2.69. The molecule has 14 nitrogen and oxygen atoms in total. The number of epoxide rings is 1. The van der Waals surface area contributed by atoms with Gasteiger partial charge in [0, 0.05) is 60.5 Å². The SMILES string of the molecule is CC(=O)O[C@H]1C[C@@]2(C)[C@H](C3=CC(=O)O[C@@H]3O)OC(=O)[C@H]3O[C@]32[C@@]2(C)[C@H]1[C@@]1(C)[C@@H](OC(C)=O)CC(=O)OC(C)(C)[C@@H]1C[C@H]2OC(C)=O. The van der Waals surface area contributed by atoms with E-state index in [-0.39, 0.29) is 24.8 Å². The lowest BCUT2D eigenvalue weighted by atomic mass is 9.35. The molecule has 0 amide bonds. The maximum atomic E-state index is 13.7. The Morgan fingerprint density at radius 2 is 1.48 bits per heavy atom. The standard InChI is InChI=1S/C32H40O14/c1-13(33)40-17-12-29(6)24(16-9-21(36)43-26(16)38)44-27(39)25-32(29,46-25)31(8)20(42-15(3)35)10-18-28(4,5)45-22(37)11-19(41-14(2)34)30(18,7)23(17)31/h9,17-20,23-26,38H,10-12H2,1-8H3/t17-,18-,19-,20+,23+,24-,25+,26-,29-,30+,31+,32+/m0/s1. The van der Waals surface area contributed by atoms with E-state index in [0.717, 1.165) is 6.08 Å². The topological polar surface area (TPSA) is 191 Å². The van der Waals surface area contributed by atoms with Crippen LogP contribution in [0.1, 0.15) is 74.7 Å². The molecule has 2 aliphatic carbocycles. The fraction of sp³-hybridized carbons (Fsp3) is 0.750. The Bertz CT molecular complexity index is 1470. The molecule has 4 aliphatic heterocycles. The Morgan fingerprint density at radius 1 is 0.870 bits per heavy atom. The summed E-state index contributed by atoms with van der Waals surface area (Å²) >= 11 is 0. The van der Waals surface area contributed by atoms with Crippen molar-refractivity contribution in [3.05, 3.63) is 11.6 Å². The fourth-order valence-corrected chi connectivity index (χ4v) is 10.5. The Morgan fingerprint density at radius 3 is 2.04 bits per heavy atom. The third-order valence-corrected chi connectivity index (χ3v) is 11.8. The lowest BCUT2D eigenvalue weighted by Crippen LogP contribution is -2.78. The van der Waals surface area contributed by atoms with Crippen LogP contribution in [0.3, 0.4) is 0 Å². The predicted octanol–water partition coefficient (Wildman–Crippen LogP) is 1.43. The van der Waals surface area contributed by atoms with Crippen LogP contribution >= 0.6 is 0 Å². The second-order valence-corrected chi connectivity index (χ2v) is 14.6. The van der Waals surface area contributed by atoms with Crippen molar-refractivity contribution in [2.24, 2.45) is 28.1 Å². The van der Waals surface area contributed by atoms with Gasteiger partial charge >= 0.3 is 35.8 Å². The molecule has 0 aromatic heterocycles. The number of carbonyl (C=O) groups excluding carboxylic acids is 6. The van der Waals surface area contributed by atoms with Gasteiger partial charge < -0.3 is 38.3 Å². The van der Waals surface area contributed by atoms with Gasteiger partial charge in [-0.05, 0) is 26.7 Å². The van der Waals surface area contributed by atoms with Crippen LogP contribution in [0.15, 0.2) is 11.6 Å². The molecule has 0 radical (unpaired) electrons. The van der Waals surface area contributed by atoms with Crippen molar-refractivity contribution < 1.29 is 67.0 Å². The van der Waals surface area contributed by atoms with Gasteiger partial charge in [-0.25, -0.2) is 9.59 Å². The summed E-state index contributed by atoms with van der Waals surface area (Å²) in [4.78, 5) is 77.3. The summed E-state index contributed by atoms with van der Waals surface area (Å²) in [6.45, 7) is 12.6. The predicted molar refractivity (Wildman–Crippen MR) is 150 cm³/mol. The van der Waals surface area contributed by atoms with Crippen molar-refractivity contribution in [2.75, 3.05) is 0 Å². The molecule has 0 aromatic rings. The van der Waals surface area contributed by atoms with E-state index < -0.39 is 112 Å². The summed E-state index contributed by atoms with van der Waals surface area (Å²) in [5.41, 5.74) is -6.51. The number of hydrogen-bond acceptors (Lipinski definition) is 14. The van der Waals surface area contributed by atoms with E-state index in [4.69, 9.17) is 33.2 Å². The van der Waals surface area contributed by atoms with Gasteiger partial charge in [0.2, 0.25) is 6.29 Å². The molecule has 252 valence electrons. The fourth-order valence-electron chi connectivity index (χ4n) is 10.5. The average Bonchev–Trinajstić information content (AvgIpc) is 3.61. The van der Waals surface area contributed by atoms with Crippen molar-refractivity contribution in [3.8, 4) is 0 Å². The molecule has 0 aromatic carbocycles. The van der Waals surface area contributed by atoms with Crippen LogP contribution in [0.4, 0.5) is 0 Å². The number of aliphatic hydroxyl groups is 1. The zero-order valence-corrected chi connectivity index (χ0v) is 27.1. The van der Waals surface area contributed by atoms with Crippen molar-refractivity contribution >= 4 is 35.8 Å². The number of aliphatic hydroxyl groups excluding tert-OH is 1. The van der Waals surface area contributed by atoms with E-state index >= 15 is 0 Å². The largest absolute Gasteiger partial charge is 0.462 e. The highest BCUT2D eigenvalue weighted by Crippen LogP contribution is 2.79. The number of rotatable bonds is 4. The molecule has 14 heteroatoms. The lowest BCUT2D eigenvalue weighted by molar-refractivity contribution is -0.301. The average molecular weight is 649 g/mol. The summed E-state index contributed by atoms with van der Waals surface area (Å²) in [5.74, 6) is -5.57. The maximum absolute atomic E-state index is 13.7. The third-order valence-electron chi connectivity index (χ3n) is 11.8. The smallest absolute Gasteiger partial charge is 0.339 e. The number of cyclic esters (lactones) is 3. The second kappa shape index (κ2) is 9.99. The quantitative estimate of drug-likeness (QED) is 0.262. The van der Waals surface area contributed by atoms with Gasteiger partial charge in [0.25, 0.3) is 0 Å². The maximum Gasteiger partial charge on any atom is 0.339 e. The van der Waals surface area contributed by atoms with E-state index in [1.54, 1.807) is 27.7 Å². The molecule has 6 aliphatic rings. The molecule has 2 saturated carbocycles. The zero-order valence-electron chi connectivity index (χ0n) is 27.1. The van der Waals surface area contributed by atoms with Crippen LogP contribution in [-0.4, -0.2) is 88.9 Å². The van der Waals surface area contributed by atoms with Gasteiger partial charge in [0.05, 0.1) is 6.42 Å². The van der Waals surface area contributed by atoms with Crippen LogP contribution in [0, 0.1) is 28.1 Å². The summed E-state index contributed by atoms with van der Waals surface area (Å²) in [6, 6.07) is 0. The van der Waals surface area contributed by atoms with Crippen LogP contribution in [-0.2, 0) is 61.9 Å². The second-order valence-electron chi connectivity index (χ2n) is 14.6. The van der Waals surface area contributed by atoms with Crippen molar-refractivity contribution in [3.63, 3.8) is 0 Å². The summed E-state index contributed by atoms with van der Waals surface area (Å²) in [5, 5.41) is 10.7. The minimum Gasteiger partial charge on any atom is -0.462 e. The molecular weight excluding hydrogens is 608 g/mol. The number of fused-ring (bicyclic) bond motifs is 3. The molecule has 5 fully saturated rings. The highest BCUT2D eigenvalue weighted by atomic mass is 16.7. The van der Waals surface area contributed by atoms with Crippen LogP contribution in [0.25, 0.3) is 0 Å². The van der Waals surface area contributed by atoms with Gasteiger partial charge in [-0.2, -0.15) is 0 Å². The molecule has 0 unspecified atom stereocenters. The van der Waals surface area contributed by atoms with Gasteiger partial charge in [-0.1, -0.05) is 20.8 Å². The van der Waals surface area contributed by atoms with Crippen LogP contribution in [0.2, 0.25) is 0 Å².